The number of nitrogen functional groups attached to an aromatic ring is 1. The molecular weight excluding hydrogens is 278 g/mol. The van der Waals surface area contributed by atoms with Crippen LogP contribution in [0.15, 0.2) is 18.2 Å². The van der Waals surface area contributed by atoms with Crippen LogP contribution in [0.25, 0.3) is 0 Å². The molecule has 0 aliphatic rings. The lowest BCUT2D eigenvalue weighted by Crippen LogP contribution is -1.94. The van der Waals surface area contributed by atoms with Crippen molar-refractivity contribution in [3.63, 3.8) is 0 Å². The fourth-order valence-electron chi connectivity index (χ4n) is 1.91. The van der Waals surface area contributed by atoms with Gasteiger partial charge < -0.3 is 5.73 Å². The van der Waals surface area contributed by atoms with Crippen molar-refractivity contribution in [1.29, 1.82) is 5.26 Å². The molecule has 3 nitrogen and oxygen atoms in total. The van der Waals surface area contributed by atoms with Gasteiger partial charge in [-0.1, -0.05) is 31.0 Å². The van der Waals surface area contributed by atoms with Crippen molar-refractivity contribution in [3.05, 3.63) is 44.9 Å². The van der Waals surface area contributed by atoms with Gasteiger partial charge in [-0.05, 0) is 24.1 Å². The molecule has 0 aliphatic heterocycles. The van der Waals surface area contributed by atoms with E-state index in [0.29, 0.717) is 15.7 Å². The molecule has 0 amide bonds. The molecule has 1 heterocycles. The predicted molar refractivity (Wildman–Crippen MR) is 79.5 cm³/mol. The summed E-state index contributed by atoms with van der Waals surface area (Å²) in [6.45, 7) is 2.12. The minimum atomic E-state index is 0.575. The zero-order valence-corrected chi connectivity index (χ0v) is 12.2. The molecule has 0 bridgehead atoms. The summed E-state index contributed by atoms with van der Waals surface area (Å²) in [6.07, 6.45) is 2.68. The predicted octanol–water partition coefficient (Wildman–Crippen LogP) is 3.79. The van der Waals surface area contributed by atoms with Gasteiger partial charge in [-0.15, -0.1) is 11.3 Å². The molecule has 98 valence electrons. The molecule has 0 spiro atoms. The first-order chi connectivity index (χ1) is 9.13. The average Bonchev–Trinajstić information content (AvgIpc) is 2.72. The van der Waals surface area contributed by atoms with Crippen molar-refractivity contribution >= 4 is 28.1 Å². The highest BCUT2D eigenvalue weighted by Crippen LogP contribution is 2.28. The second kappa shape index (κ2) is 6.05. The van der Waals surface area contributed by atoms with Crippen LogP contribution >= 0.6 is 22.9 Å². The first-order valence-corrected chi connectivity index (χ1v) is 7.26. The molecule has 1 aromatic heterocycles. The van der Waals surface area contributed by atoms with Crippen LogP contribution in [-0.4, -0.2) is 4.98 Å². The van der Waals surface area contributed by atoms with E-state index in [1.807, 2.05) is 6.07 Å². The number of aryl methyl sites for hydroxylation is 1. The Labute approximate surface area is 121 Å². The number of anilines is 1. The molecule has 2 rings (SSSR count). The van der Waals surface area contributed by atoms with Crippen molar-refractivity contribution in [2.24, 2.45) is 0 Å². The summed E-state index contributed by atoms with van der Waals surface area (Å²) in [5.74, 6) is 0. The maximum Gasteiger partial charge on any atom is 0.180 e. The molecular formula is C14H14ClN3S. The quantitative estimate of drug-likeness (QED) is 0.932. The molecule has 0 radical (unpaired) electrons. The molecule has 2 aromatic rings. The van der Waals surface area contributed by atoms with Gasteiger partial charge in [-0.2, -0.15) is 5.26 Å². The van der Waals surface area contributed by atoms with Gasteiger partial charge in [0.25, 0.3) is 0 Å². The van der Waals surface area contributed by atoms with Gasteiger partial charge in [0.2, 0.25) is 0 Å². The Morgan fingerprint density at radius 2 is 2.26 bits per heavy atom. The van der Waals surface area contributed by atoms with E-state index < -0.39 is 0 Å². The van der Waals surface area contributed by atoms with Crippen molar-refractivity contribution in [1.82, 2.24) is 4.98 Å². The Morgan fingerprint density at radius 1 is 1.47 bits per heavy atom. The number of hydrogen-bond donors (Lipinski definition) is 1. The smallest absolute Gasteiger partial charge is 0.180 e. The first kappa shape index (κ1) is 13.9. The van der Waals surface area contributed by atoms with E-state index in [4.69, 9.17) is 22.6 Å². The Hall–Kier alpha value is -1.57. The third-order valence-corrected chi connectivity index (χ3v) is 4.09. The van der Waals surface area contributed by atoms with Crippen molar-refractivity contribution in [2.75, 3.05) is 5.73 Å². The minimum Gasteiger partial charge on any atom is -0.375 e. The minimum absolute atomic E-state index is 0.575. The SMILES string of the molecule is CCCc1nc(N)sc1Cc1ccc(C#N)cc1Cl. The summed E-state index contributed by atoms with van der Waals surface area (Å²) >= 11 is 7.71. The summed E-state index contributed by atoms with van der Waals surface area (Å²) in [6, 6.07) is 7.45. The van der Waals surface area contributed by atoms with Gasteiger partial charge in [-0.3, -0.25) is 0 Å². The first-order valence-electron chi connectivity index (χ1n) is 6.06. The molecule has 0 fully saturated rings. The summed E-state index contributed by atoms with van der Waals surface area (Å²) in [7, 11) is 0. The third-order valence-electron chi connectivity index (χ3n) is 2.81. The molecule has 0 saturated heterocycles. The normalized spacial score (nSPS) is 10.4. The standard InChI is InChI=1S/C14H14ClN3S/c1-2-3-12-13(19-14(17)18-12)7-10-5-4-9(8-16)6-11(10)15/h4-6H,2-3,7H2,1H3,(H2,17,18). The number of thiazole rings is 1. The average molecular weight is 292 g/mol. The maximum atomic E-state index is 8.83. The number of rotatable bonds is 4. The van der Waals surface area contributed by atoms with Crippen molar-refractivity contribution in [2.45, 2.75) is 26.2 Å². The number of nitrogens with zero attached hydrogens (tertiary/aromatic N) is 2. The lowest BCUT2D eigenvalue weighted by atomic mass is 10.1. The van der Waals surface area contributed by atoms with Crippen LogP contribution in [0, 0.1) is 11.3 Å². The van der Waals surface area contributed by atoms with Gasteiger partial charge in [-0.25, -0.2) is 4.98 Å². The number of aromatic nitrogens is 1. The molecule has 19 heavy (non-hydrogen) atoms. The summed E-state index contributed by atoms with van der Waals surface area (Å²) in [5, 5.41) is 10.0. The van der Waals surface area contributed by atoms with Crippen molar-refractivity contribution in [3.8, 4) is 6.07 Å². The monoisotopic (exact) mass is 291 g/mol. The molecule has 0 atom stereocenters. The highest BCUT2D eigenvalue weighted by Gasteiger charge is 2.11. The second-order valence-corrected chi connectivity index (χ2v) is 5.79. The van der Waals surface area contributed by atoms with E-state index in [-0.39, 0.29) is 0 Å². The molecule has 5 heteroatoms. The zero-order valence-electron chi connectivity index (χ0n) is 10.6. The summed E-state index contributed by atoms with van der Waals surface area (Å²) < 4.78 is 0. The Morgan fingerprint density at radius 3 is 2.89 bits per heavy atom. The largest absolute Gasteiger partial charge is 0.375 e. The van der Waals surface area contributed by atoms with Crippen LogP contribution in [0.2, 0.25) is 5.02 Å². The third kappa shape index (κ3) is 3.25. The highest BCUT2D eigenvalue weighted by atomic mass is 35.5. The van der Waals surface area contributed by atoms with Crippen LogP contribution < -0.4 is 5.73 Å². The van der Waals surface area contributed by atoms with Crippen LogP contribution in [0.4, 0.5) is 5.13 Å². The molecule has 0 aliphatic carbocycles. The Kier molecular flexibility index (Phi) is 4.41. The number of nitrogens with two attached hydrogens (primary N) is 1. The lowest BCUT2D eigenvalue weighted by molar-refractivity contribution is 0.879. The summed E-state index contributed by atoms with van der Waals surface area (Å²) in [5.41, 5.74) is 8.42. The van der Waals surface area contributed by atoms with Gasteiger partial charge >= 0.3 is 0 Å². The van der Waals surface area contributed by atoms with Crippen LogP contribution in [0.5, 0.6) is 0 Å². The van der Waals surface area contributed by atoms with E-state index in [1.54, 1.807) is 12.1 Å². The van der Waals surface area contributed by atoms with Crippen LogP contribution in [0.3, 0.4) is 0 Å². The van der Waals surface area contributed by atoms with Gasteiger partial charge in [0, 0.05) is 16.3 Å². The van der Waals surface area contributed by atoms with Crippen LogP contribution in [0.1, 0.15) is 35.0 Å². The molecule has 2 N–H and O–H groups in total. The van der Waals surface area contributed by atoms with E-state index in [1.165, 1.54) is 11.3 Å². The zero-order chi connectivity index (χ0) is 13.8. The Balaban J connectivity index is 2.28. The van der Waals surface area contributed by atoms with Gasteiger partial charge in [0.15, 0.2) is 5.13 Å². The number of benzene rings is 1. The topological polar surface area (TPSA) is 62.7 Å². The van der Waals surface area contributed by atoms with E-state index in [0.717, 1.165) is 35.4 Å². The summed E-state index contributed by atoms with van der Waals surface area (Å²) in [4.78, 5) is 5.52. The van der Waals surface area contributed by atoms with E-state index >= 15 is 0 Å². The number of halogens is 1. The fraction of sp³-hybridized carbons (Fsp3) is 0.286. The number of nitriles is 1. The molecule has 1 aromatic carbocycles. The molecule has 0 saturated carbocycles. The van der Waals surface area contributed by atoms with Crippen LogP contribution in [-0.2, 0) is 12.8 Å². The number of hydrogen-bond acceptors (Lipinski definition) is 4. The maximum absolute atomic E-state index is 8.83. The fourth-order valence-corrected chi connectivity index (χ4v) is 3.06. The van der Waals surface area contributed by atoms with E-state index in [2.05, 4.69) is 18.0 Å². The van der Waals surface area contributed by atoms with Gasteiger partial charge in [0.05, 0.1) is 17.3 Å². The lowest BCUT2D eigenvalue weighted by Gasteiger charge is -2.04. The van der Waals surface area contributed by atoms with Gasteiger partial charge in [0.1, 0.15) is 0 Å². The van der Waals surface area contributed by atoms with Crippen molar-refractivity contribution < 1.29 is 0 Å². The Bertz CT molecular complexity index is 628. The molecule has 0 unspecified atom stereocenters. The second-order valence-electron chi connectivity index (χ2n) is 4.27. The van der Waals surface area contributed by atoms with E-state index in [9.17, 15) is 0 Å². The highest BCUT2D eigenvalue weighted by molar-refractivity contribution is 7.15.